The molecule has 0 bridgehead atoms. The van der Waals surface area contributed by atoms with Gasteiger partial charge in [0.15, 0.2) is 5.78 Å². The van der Waals surface area contributed by atoms with E-state index in [4.69, 9.17) is 5.11 Å². The van der Waals surface area contributed by atoms with Crippen molar-refractivity contribution in [2.24, 2.45) is 5.92 Å². The predicted octanol–water partition coefficient (Wildman–Crippen LogP) is 1.37. The first-order chi connectivity index (χ1) is 11.8. The van der Waals surface area contributed by atoms with Gasteiger partial charge in [-0.15, -0.1) is 0 Å². The third-order valence-corrected chi connectivity index (χ3v) is 4.52. The molecule has 136 valence electrons. The molecule has 1 aromatic carbocycles. The number of rotatable bonds is 10. The molecule has 0 aliphatic carbocycles. The van der Waals surface area contributed by atoms with Gasteiger partial charge in [0.25, 0.3) is 0 Å². The van der Waals surface area contributed by atoms with Crippen molar-refractivity contribution in [2.45, 2.75) is 19.4 Å². The van der Waals surface area contributed by atoms with Crippen LogP contribution in [0.25, 0.3) is 0 Å². The quantitative estimate of drug-likeness (QED) is 0.475. The van der Waals surface area contributed by atoms with E-state index < -0.39 is 23.9 Å². The van der Waals surface area contributed by atoms with E-state index in [0.29, 0.717) is 5.56 Å². The fourth-order valence-corrected chi connectivity index (χ4v) is 3.31. The summed E-state index contributed by atoms with van der Waals surface area (Å²) in [4.78, 5) is 46.3. The molecule has 8 heteroatoms. The van der Waals surface area contributed by atoms with Crippen LogP contribution in [0.3, 0.4) is 0 Å². The Morgan fingerprint density at radius 2 is 1.80 bits per heavy atom. The molecule has 25 heavy (non-hydrogen) atoms. The van der Waals surface area contributed by atoms with Gasteiger partial charge in [0, 0.05) is 29.9 Å². The van der Waals surface area contributed by atoms with Gasteiger partial charge in [-0.1, -0.05) is 30.3 Å². The number of thioether (sulfide) groups is 1. The predicted molar refractivity (Wildman–Crippen MR) is 93.5 cm³/mol. The Bertz CT molecular complexity index is 619. The molecule has 1 aromatic rings. The van der Waals surface area contributed by atoms with E-state index in [1.54, 1.807) is 30.3 Å². The van der Waals surface area contributed by atoms with Crippen molar-refractivity contribution in [1.82, 2.24) is 5.32 Å². The molecule has 1 amide bonds. The van der Waals surface area contributed by atoms with E-state index in [1.807, 2.05) is 0 Å². The zero-order valence-corrected chi connectivity index (χ0v) is 14.9. The molecule has 0 radical (unpaired) electrons. The lowest BCUT2D eigenvalue weighted by atomic mass is 9.96. The Balaban J connectivity index is 2.72. The number of aliphatic carboxylic acids is 1. The van der Waals surface area contributed by atoms with Crippen molar-refractivity contribution in [3.63, 3.8) is 0 Å². The van der Waals surface area contributed by atoms with Crippen molar-refractivity contribution in [2.75, 3.05) is 18.6 Å². The maximum atomic E-state index is 12.5. The second-order valence-corrected chi connectivity index (χ2v) is 6.41. The van der Waals surface area contributed by atoms with E-state index in [9.17, 15) is 19.2 Å². The van der Waals surface area contributed by atoms with Crippen LogP contribution in [0.5, 0.6) is 0 Å². The molecule has 0 aliphatic heterocycles. The molecule has 0 spiro atoms. The maximum absolute atomic E-state index is 12.5. The number of carboxylic acids is 1. The van der Waals surface area contributed by atoms with Crippen LogP contribution < -0.4 is 5.32 Å². The minimum atomic E-state index is -1.07. The minimum Gasteiger partial charge on any atom is -0.481 e. The molecular formula is C17H21NO6S. The lowest BCUT2D eigenvalue weighted by Crippen LogP contribution is -2.42. The van der Waals surface area contributed by atoms with Crippen molar-refractivity contribution < 1.29 is 29.0 Å². The normalized spacial score (nSPS) is 12.7. The Labute approximate surface area is 150 Å². The minimum absolute atomic E-state index is 0.185. The fraction of sp³-hybridized carbons (Fsp3) is 0.412. The Morgan fingerprint density at radius 1 is 1.16 bits per heavy atom. The number of hydrogen-bond donors (Lipinski definition) is 2. The number of Topliss-reactive ketones (excluding diaryl/α,β-unsaturated/α-hetero) is 1. The van der Waals surface area contributed by atoms with Gasteiger partial charge >= 0.3 is 11.9 Å². The van der Waals surface area contributed by atoms with Crippen LogP contribution in [0, 0.1) is 5.92 Å². The summed E-state index contributed by atoms with van der Waals surface area (Å²) < 4.78 is 4.62. The van der Waals surface area contributed by atoms with Crippen LogP contribution >= 0.6 is 11.8 Å². The summed E-state index contributed by atoms with van der Waals surface area (Å²) in [6.07, 6.45) is -0.302. The number of carboxylic acid groups (broad SMARTS) is 1. The van der Waals surface area contributed by atoms with Crippen LogP contribution in [-0.2, 0) is 19.1 Å². The molecule has 2 N–H and O–H groups in total. The summed E-state index contributed by atoms with van der Waals surface area (Å²) in [5.74, 6) is -2.62. The molecule has 0 aliphatic rings. The van der Waals surface area contributed by atoms with Crippen LogP contribution in [0.15, 0.2) is 30.3 Å². The second kappa shape index (κ2) is 10.5. The first-order valence-corrected chi connectivity index (χ1v) is 8.74. The Morgan fingerprint density at radius 3 is 2.32 bits per heavy atom. The molecule has 7 nitrogen and oxygen atoms in total. The molecule has 0 saturated carbocycles. The highest BCUT2D eigenvalue weighted by Crippen LogP contribution is 2.19. The van der Waals surface area contributed by atoms with Gasteiger partial charge in [-0.2, -0.15) is 11.8 Å². The number of esters is 1. The molecule has 2 atom stereocenters. The Kier molecular flexibility index (Phi) is 8.69. The number of benzene rings is 1. The number of carbonyl (C=O) groups excluding carboxylic acids is 3. The van der Waals surface area contributed by atoms with Crippen LogP contribution in [-0.4, -0.2) is 53.4 Å². The number of ether oxygens (including phenoxy) is 1. The SMILES string of the molecule is COC(=O)[C@H](CSCC(CC(=O)O)C(=O)c1ccccc1)NC(C)=O. The summed E-state index contributed by atoms with van der Waals surface area (Å²) in [6, 6.07) is 7.62. The zero-order valence-electron chi connectivity index (χ0n) is 14.1. The van der Waals surface area contributed by atoms with Gasteiger partial charge in [-0.05, 0) is 0 Å². The molecular weight excluding hydrogens is 346 g/mol. The summed E-state index contributed by atoms with van der Waals surface area (Å²) in [5, 5.41) is 11.5. The summed E-state index contributed by atoms with van der Waals surface area (Å²) >= 11 is 1.22. The van der Waals surface area contributed by atoms with E-state index in [-0.39, 0.29) is 29.6 Å². The average molecular weight is 367 g/mol. The second-order valence-electron chi connectivity index (χ2n) is 5.34. The number of nitrogens with one attached hydrogen (secondary N) is 1. The summed E-state index contributed by atoms with van der Waals surface area (Å²) in [5.41, 5.74) is 0.445. The first kappa shape index (κ1) is 20.7. The lowest BCUT2D eigenvalue weighted by Gasteiger charge is -2.17. The molecule has 1 rings (SSSR count). The molecule has 0 saturated heterocycles. The summed E-state index contributed by atoms with van der Waals surface area (Å²) in [7, 11) is 1.22. The average Bonchev–Trinajstić information content (AvgIpc) is 2.58. The fourth-order valence-electron chi connectivity index (χ4n) is 2.16. The van der Waals surface area contributed by atoms with Crippen molar-refractivity contribution in [1.29, 1.82) is 0 Å². The van der Waals surface area contributed by atoms with Gasteiger partial charge in [0.05, 0.1) is 13.5 Å². The third kappa shape index (κ3) is 7.38. The highest BCUT2D eigenvalue weighted by molar-refractivity contribution is 7.99. The topological polar surface area (TPSA) is 110 Å². The first-order valence-electron chi connectivity index (χ1n) is 7.58. The zero-order chi connectivity index (χ0) is 18.8. The van der Waals surface area contributed by atoms with E-state index in [1.165, 1.54) is 25.8 Å². The van der Waals surface area contributed by atoms with Gasteiger partial charge in [0.2, 0.25) is 5.91 Å². The van der Waals surface area contributed by atoms with Gasteiger partial charge < -0.3 is 15.2 Å². The van der Waals surface area contributed by atoms with Gasteiger partial charge in [-0.25, -0.2) is 4.79 Å². The highest BCUT2D eigenvalue weighted by Gasteiger charge is 2.25. The van der Waals surface area contributed by atoms with Crippen molar-refractivity contribution in [3.05, 3.63) is 35.9 Å². The van der Waals surface area contributed by atoms with E-state index in [2.05, 4.69) is 10.1 Å². The molecule has 0 fully saturated rings. The molecule has 0 heterocycles. The van der Waals surface area contributed by atoms with Crippen molar-refractivity contribution >= 4 is 35.4 Å². The van der Waals surface area contributed by atoms with E-state index in [0.717, 1.165) is 0 Å². The number of methoxy groups -OCH3 is 1. The lowest BCUT2D eigenvalue weighted by molar-refractivity contribution is -0.144. The van der Waals surface area contributed by atoms with Crippen molar-refractivity contribution in [3.8, 4) is 0 Å². The van der Waals surface area contributed by atoms with E-state index >= 15 is 0 Å². The third-order valence-electron chi connectivity index (χ3n) is 3.32. The number of ketones is 1. The molecule has 0 aromatic heterocycles. The van der Waals surface area contributed by atoms with Gasteiger partial charge in [0.1, 0.15) is 6.04 Å². The number of carbonyl (C=O) groups is 4. The number of hydrogen-bond acceptors (Lipinski definition) is 6. The smallest absolute Gasteiger partial charge is 0.329 e. The van der Waals surface area contributed by atoms with Crippen LogP contribution in [0.4, 0.5) is 0 Å². The van der Waals surface area contributed by atoms with Crippen LogP contribution in [0.1, 0.15) is 23.7 Å². The highest BCUT2D eigenvalue weighted by atomic mass is 32.2. The number of amides is 1. The largest absolute Gasteiger partial charge is 0.481 e. The Hall–Kier alpha value is -2.35. The van der Waals surface area contributed by atoms with Crippen LogP contribution in [0.2, 0.25) is 0 Å². The van der Waals surface area contributed by atoms with Gasteiger partial charge in [-0.3, -0.25) is 14.4 Å². The summed E-state index contributed by atoms with van der Waals surface area (Å²) in [6.45, 7) is 1.28. The monoisotopic (exact) mass is 367 g/mol. The maximum Gasteiger partial charge on any atom is 0.329 e. The molecule has 1 unspecified atom stereocenters. The standard InChI is InChI=1S/C17H21NO6S/c1-11(19)18-14(17(23)24-2)10-25-9-13(8-15(20)21)16(22)12-6-4-3-5-7-12/h3-7,13-14H,8-10H2,1-2H3,(H,18,19)(H,20,21)/t13?,14-/m0/s1.